The molecule has 1 heterocycles. The Labute approximate surface area is 179 Å². The first-order chi connectivity index (χ1) is 15.0. The number of hydrogen-bond acceptors (Lipinski definition) is 8. The number of carbonyl (C=O) groups excluding carboxylic acids is 2. The first-order valence-electron chi connectivity index (χ1n) is 9.74. The summed E-state index contributed by atoms with van der Waals surface area (Å²) in [5.74, 6) is -1.44. The predicted molar refractivity (Wildman–Crippen MR) is 109 cm³/mol. The monoisotopic (exact) mass is 428 g/mol. The van der Waals surface area contributed by atoms with E-state index in [1.807, 2.05) is 0 Å². The van der Waals surface area contributed by atoms with Crippen molar-refractivity contribution in [1.29, 1.82) is 0 Å². The Morgan fingerprint density at radius 1 is 0.935 bits per heavy atom. The molecule has 0 aliphatic carbocycles. The lowest BCUT2D eigenvalue weighted by Gasteiger charge is -2.42. The zero-order valence-electron chi connectivity index (χ0n) is 16.7. The molecule has 1 aliphatic heterocycles. The molecule has 1 fully saturated rings. The molecule has 3 rings (SSSR count). The summed E-state index contributed by atoms with van der Waals surface area (Å²) in [4.78, 5) is 25.3. The van der Waals surface area contributed by atoms with E-state index in [1.54, 1.807) is 60.7 Å². The fourth-order valence-corrected chi connectivity index (χ4v) is 3.13. The van der Waals surface area contributed by atoms with E-state index in [2.05, 4.69) is 6.58 Å². The first kappa shape index (κ1) is 22.6. The van der Waals surface area contributed by atoms with Gasteiger partial charge in [-0.2, -0.15) is 0 Å². The number of carbonyl (C=O) groups is 2. The highest BCUT2D eigenvalue weighted by Crippen LogP contribution is 2.28. The molecule has 0 saturated carbocycles. The van der Waals surface area contributed by atoms with E-state index in [4.69, 9.17) is 18.9 Å². The minimum Gasteiger partial charge on any atom is -0.452 e. The quantitative estimate of drug-likeness (QED) is 0.483. The highest BCUT2D eigenvalue weighted by atomic mass is 16.7. The highest BCUT2D eigenvalue weighted by Gasteiger charge is 2.50. The second kappa shape index (κ2) is 10.8. The van der Waals surface area contributed by atoms with Gasteiger partial charge in [0.15, 0.2) is 18.5 Å². The van der Waals surface area contributed by atoms with Gasteiger partial charge in [-0.3, -0.25) is 0 Å². The molecule has 1 aliphatic rings. The lowest BCUT2D eigenvalue weighted by Crippen LogP contribution is -2.61. The molecule has 0 bridgehead atoms. The Kier molecular flexibility index (Phi) is 7.91. The standard InChI is InChI=1S/C23H24O8/c1-2-13-28-23-20(31-22(27)16-11-7-4-8-12-16)19(18(25)17(14-24)29-23)30-21(26)15-9-5-3-6-10-15/h2-12,17-20,23-25H,1,13-14H2/t17-,18+,19+,20-,23+/m1/s1. The Morgan fingerprint density at radius 3 is 1.94 bits per heavy atom. The first-order valence-corrected chi connectivity index (χ1v) is 9.74. The van der Waals surface area contributed by atoms with Crippen LogP contribution in [0.25, 0.3) is 0 Å². The molecule has 0 unspecified atom stereocenters. The van der Waals surface area contributed by atoms with Crippen LogP contribution in [-0.2, 0) is 18.9 Å². The van der Waals surface area contributed by atoms with Crippen LogP contribution in [0, 0.1) is 0 Å². The number of aliphatic hydroxyl groups is 2. The molecule has 31 heavy (non-hydrogen) atoms. The van der Waals surface area contributed by atoms with Gasteiger partial charge < -0.3 is 29.2 Å². The topological polar surface area (TPSA) is 112 Å². The largest absolute Gasteiger partial charge is 0.452 e. The maximum Gasteiger partial charge on any atom is 0.338 e. The average molecular weight is 428 g/mol. The molecular formula is C23H24O8. The zero-order chi connectivity index (χ0) is 22.2. The third-order valence-corrected chi connectivity index (χ3v) is 4.68. The van der Waals surface area contributed by atoms with Gasteiger partial charge >= 0.3 is 11.9 Å². The highest BCUT2D eigenvalue weighted by molar-refractivity contribution is 5.90. The van der Waals surface area contributed by atoms with Crippen LogP contribution in [-0.4, -0.2) is 66.1 Å². The molecule has 8 heteroatoms. The van der Waals surface area contributed by atoms with Gasteiger partial charge in [0.2, 0.25) is 0 Å². The van der Waals surface area contributed by atoms with Crippen molar-refractivity contribution >= 4 is 11.9 Å². The van der Waals surface area contributed by atoms with E-state index < -0.39 is 49.3 Å². The van der Waals surface area contributed by atoms with Crippen molar-refractivity contribution in [1.82, 2.24) is 0 Å². The minimum absolute atomic E-state index is 0.0393. The number of esters is 2. The van der Waals surface area contributed by atoms with E-state index in [1.165, 1.54) is 6.08 Å². The van der Waals surface area contributed by atoms with E-state index >= 15 is 0 Å². The molecular weight excluding hydrogens is 404 g/mol. The molecule has 0 spiro atoms. The van der Waals surface area contributed by atoms with Gasteiger partial charge in [0.25, 0.3) is 0 Å². The van der Waals surface area contributed by atoms with E-state index in [9.17, 15) is 19.8 Å². The van der Waals surface area contributed by atoms with Gasteiger partial charge in [-0.25, -0.2) is 9.59 Å². The van der Waals surface area contributed by atoms with E-state index in [-0.39, 0.29) is 17.7 Å². The number of benzene rings is 2. The normalized spacial score (nSPS) is 25.4. The van der Waals surface area contributed by atoms with Crippen LogP contribution in [0.1, 0.15) is 20.7 Å². The Hall–Kier alpha value is -3.04. The zero-order valence-corrected chi connectivity index (χ0v) is 16.7. The molecule has 164 valence electrons. The second-order valence-electron chi connectivity index (χ2n) is 6.81. The van der Waals surface area contributed by atoms with E-state index in [0.29, 0.717) is 0 Å². The molecule has 1 saturated heterocycles. The molecule has 2 aromatic carbocycles. The average Bonchev–Trinajstić information content (AvgIpc) is 2.81. The Morgan fingerprint density at radius 2 is 1.45 bits per heavy atom. The molecule has 0 radical (unpaired) electrons. The summed E-state index contributed by atoms with van der Waals surface area (Å²) < 4.78 is 22.2. The number of ether oxygens (including phenoxy) is 4. The maximum absolute atomic E-state index is 12.7. The van der Waals surface area contributed by atoms with Crippen molar-refractivity contribution in [2.24, 2.45) is 0 Å². The third kappa shape index (κ3) is 5.56. The summed E-state index contributed by atoms with van der Waals surface area (Å²) in [5, 5.41) is 20.3. The lowest BCUT2D eigenvalue weighted by molar-refractivity contribution is -0.296. The number of aliphatic hydroxyl groups excluding tert-OH is 2. The van der Waals surface area contributed by atoms with Crippen LogP contribution >= 0.6 is 0 Å². The van der Waals surface area contributed by atoms with Crippen LogP contribution in [0.15, 0.2) is 73.3 Å². The summed E-state index contributed by atoms with van der Waals surface area (Å²) in [7, 11) is 0. The van der Waals surface area contributed by atoms with Crippen molar-refractivity contribution in [3.8, 4) is 0 Å². The van der Waals surface area contributed by atoms with Crippen LogP contribution in [0.5, 0.6) is 0 Å². The number of hydrogen-bond donors (Lipinski definition) is 2. The van der Waals surface area contributed by atoms with Crippen molar-refractivity contribution in [2.45, 2.75) is 30.7 Å². The summed E-state index contributed by atoms with van der Waals surface area (Å²) in [5.41, 5.74) is 0.510. The van der Waals surface area contributed by atoms with Crippen molar-refractivity contribution in [3.05, 3.63) is 84.4 Å². The van der Waals surface area contributed by atoms with Gasteiger partial charge in [0.1, 0.15) is 12.2 Å². The van der Waals surface area contributed by atoms with Gasteiger partial charge in [0.05, 0.1) is 24.3 Å². The Bertz CT molecular complexity index is 870. The van der Waals surface area contributed by atoms with Crippen molar-refractivity contribution in [3.63, 3.8) is 0 Å². The van der Waals surface area contributed by atoms with Crippen LogP contribution < -0.4 is 0 Å². The van der Waals surface area contributed by atoms with E-state index in [0.717, 1.165) is 0 Å². The summed E-state index contributed by atoms with van der Waals surface area (Å²) in [6, 6.07) is 16.4. The van der Waals surface area contributed by atoms with Crippen LogP contribution in [0.3, 0.4) is 0 Å². The lowest BCUT2D eigenvalue weighted by atomic mass is 9.98. The molecule has 0 aromatic heterocycles. The predicted octanol–water partition coefficient (Wildman–Crippen LogP) is 1.72. The fourth-order valence-electron chi connectivity index (χ4n) is 3.13. The van der Waals surface area contributed by atoms with Gasteiger partial charge in [-0.05, 0) is 24.3 Å². The molecule has 0 amide bonds. The number of rotatable bonds is 8. The fraction of sp³-hybridized carbons (Fsp3) is 0.304. The SMILES string of the molecule is C=CCO[C@H]1O[C@H](CO)[C@H](O)[C@H](OC(=O)c2ccccc2)[C@H]1OC(=O)c1ccccc1. The van der Waals surface area contributed by atoms with Crippen molar-refractivity contribution in [2.75, 3.05) is 13.2 Å². The third-order valence-electron chi connectivity index (χ3n) is 4.68. The molecule has 8 nitrogen and oxygen atoms in total. The molecule has 5 atom stereocenters. The maximum atomic E-state index is 12.7. The summed E-state index contributed by atoms with van der Waals surface area (Å²) >= 11 is 0. The van der Waals surface area contributed by atoms with Gasteiger partial charge in [0, 0.05) is 0 Å². The molecule has 2 aromatic rings. The van der Waals surface area contributed by atoms with Gasteiger partial charge in [-0.1, -0.05) is 42.5 Å². The van der Waals surface area contributed by atoms with Gasteiger partial charge in [-0.15, -0.1) is 6.58 Å². The van der Waals surface area contributed by atoms with Crippen molar-refractivity contribution < 1.29 is 38.7 Å². The smallest absolute Gasteiger partial charge is 0.338 e. The summed E-state index contributed by atoms with van der Waals surface area (Å²) in [6.07, 6.45) is -4.97. The Balaban J connectivity index is 1.88. The van der Waals surface area contributed by atoms with Crippen LogP contribution in [0.2, 0.25) is 0 Å². The summed E-state index contributed by atoms with van der Waals surface area (Å²) in [6.45, 7) is 3.05. The minimum atomic E-state index is -1.46. The van der Waals surface area contributed by atoms with Crippen LogP contribution in [0.4, 0.5) is 0 Å². The molecule has 2 N–H and O–H groups in total. The second-order valence-corrected chi connectivity index (χ2v) is 6.81.